The van der Waals surface area contributed by atoms with Crippen LogP contribution < -0.4 is 0 Å². The third-order valence-corrected chi connectivity index (χ3v) is 4.25. The van der Waals surface area contributed by atoms with Gasteiger partial charge in [-0.25, -0.2) is 0 Å². The second-order valence-electron chi connectivity index (χ2n) is 5.20. The van der Waals surface area contributed by atoms with Gasteiger partial charge in [-0.05, 0) is 50.0 Å². The summed E-state index contributed by atoms with van der Waals surface area (Å²) >= 11 is 0. The summed E-state index contributed by atoms with van der Waals surface area (Å²) < 4.78 is 5.47. The molecule has 0 amide bonds. The van der Waals surface area contributed by atoms with Gasteiger partial charge in [0.1, 0.15) is 0 Å². The molecule has 0 radical (unpaired) electrons. The van der Waals surface area contributed by atoms with Gasteiger partial charge in [-0.3, -0.25) is 4.79 Å². The van der Waals surface area contributed by atoms with Gasteiger partial charge in [0.05, 0.1) is 6.61 Å². The van der Waals surface area contributed by atoms with Gasteiger partial charge < -0.3 is 4.74 Å². The minimum Gasteiger partial charge on any atom is -0.490 e. The van der Waals surface area contributed by atoms with Crippen LogP contribution in [0.5, 0.6) is 0 Å². The first kappa shape index (κ1) is 9.44. The fourth-order valence-corrected chi connectivity index (χ4v) is 3.48. The lowest BCUT2D eigenvalue weighted by Gasteiger charge is -2.23. The molecule has 0 aromatic heterocycles. The van der Waals surface area contributed by atoms with Crippen molar-refractivity contribution in [2.45, 2.75) is 38.5 Å². The van der Waals surface area contributed by atoms with Crippen molar-refractivity contribution in [3.05, 3.63) is 11.8 Å². The van der Waals surface area contributed by atoms with Crippen molar-refractivity contribution in [2.24, 2.45) is 17.8 Å². The first-order chi connectivity index (χ1) is 7.34. The molecule has 3 aliphatic rings. The Hall–Kier alpha value is -0.790. The Balaban J connectivity index is 1.72. The van der Waals surface area contributed by atoms with Crippen LogP contribution in [-0.2, 0) is 9.53 Å². The van der Waals surface area contributed by atoms with Gasteiger partial charge in [-0.15, -0.1) is 0 Å². The summed E-state index contributed by atoms with van der Waals surface area (Å²) in [6, 6.07) is 0. The lowest BCUT2D eigenvalue weighted by atomic mass is 9.84. The zero-order valence-electron chi connectivity index (χ0n) is 9.08. The highest BCUT2D eigenvalue weighted by atomic mass is 16.5. The molecule has 2 heteroatoms. The molecule has 1 aliphatic heterocycles. The Morgan fingerprint density at radius 1 is 1.33 bits per heavy atom. The standard InChI is InChI=1S/C13H18O2/c14-13(12-3-1-2-6-15-12)11-8-9-4-5-10(11)7-9/h3,9-11H,1-2,4-8H2. The number of allylic oxidation sites excluding steroid dienone is 2. The molecule has 0 aromatic carbocycles. The van der Waals surface area contributed by atoms with E-state index in [1.165, 1.54) is 19.3 Å². The van der Waals surface area contributed by atoms with E-state index in [-0.39, 0.29) is 0 Å². The summed E-state index contributed by atoms with van der Waals surface area (Å²) in [5.74, 6) is 2.80. The van der Waals surface area contributed by atoms with Gasteiger partial charge in [0, 0.05) is 5.92 Å². The molecule has 2 fully saturated rings. The summed E-state index contributed by atoms with van der Waals surface area (Å²) in [7, 11) is 0. The van der Waals surface area contributed by atoms with Crippen LogP contribution in [-0.4, -0.2) is 12.4 Å². The van der Waals surface area contributed by atoms with Gasteiger partial charge in [0.15, 0.2) is 11.5 Å². The Kier molecular flexibility index (Phi) is 2.30. The van der Waals surface area contributed by atoms with E-state index in [9.17, 15) is 4.79 Å². The lowest BCUT2D eigenvalue weighted by Crippen LogP contribution is -2.24. The summed E-state index contributed by atoms with van der Waals surface area (Å²) in [5, 5.41) is 0. The molecule has 0 saturated heterocycles. The van der Waals surface area contributed by atoms with Crippen molar-refractivity contribution in [3.8, 4) is 0 Å². The van der Waals surface area contributed by atoms with Crippen LogP contribution in [0.3, 0.4) is 0 Å². The highest BCUT2D eigenvalue weighted by Crippen LogP contribution is 2.49. The van der Waals surface area contributed by atoms with E-state index in [1.807, 2.05) is 6.08 Å². The minimum absolute atomic E-state index is 0.299. The molecule has 3 unspecified atom stereocenters. The number of Topliss-reactive ketones (excluding diaryl/α,β-unsaturated/α-hetero) is 1. The largest absolute Gasteiger partial charge is 0.490 e. The van der Waals surface area contributed by atoms with Crippen LogP contribution >= 0.6 is 0 Å². The van der Waals surface area contributed by atoms with Crippen LogP contribution in [0, 0.1) is 17.8 Å². The first-order valence-corrected chi connectivity index (χ1v) is 6.22. The predicted molar refractivity (Wildman–Crippen MR) is 57.2 cm³/mol. The van der Waals surface area contributed by atoms with Crippen molar-refractivity contribution in [1.29, 1.82) is 0 Å². The maximum atomic E-state index is 12.2. The number of rotatable bonds is 2. The summed E-state index contributed by atoms with van der Waals surface area (Å²) in [5.41, 5.74) is 0. The third kappa shape index (κ3) is 1.60. The van der Waals surface area contributed by atoms with Crippen molar-refractivity contribution < 1.29 is 9.53 Å². The second kappa shape index (κ2) is 3.66. The van der Waals surface area contributed by atoms with Gasteiger partial charge in [0.25, 0.3) is 0 Å². The molecule has 0 aromatic rings. The average Bonchev–Trinajstić information content (AvgIpc) is 2.91. The minimum atomic E-state index is 0.299. The number of hydrogen-bond acceptors (Lipinski definition) is 2. The van der Waals surface area contributed by atoms with E-state index in [0.29, 0.717) is 23.4 Å². The van der Waals surface area contributed by atoms with Crippen molar-refractivity contribution in [3.63, 3.8) is 0 Å². The number of ether oxygens (including phenoxy) is 1. The van der Waals surface area contributed by atoms with Crippen molar-refractivity contribution in [2.75, 3.05) is 6.61 Å². The van der Waals surface area contributed by atoms with E-state index < -0.39 is 0 Å². The Bertz CT molecular complexity index is 306. The molecule has 3 atom stereocenters. The highest BCUT2D eigenvalue weighted by molar-refractivity contribution is 5.95. The smallest absolute Gasteiger partial charge is 0.200 e. The molecule has 0 spiro atoms. The number of hydrogen-bond donors (Lipinski definition) is 0. The molecule has 1 heterocycles. The summed E-state index contributed by atoms with van der Waals surface area (Å²) in [6.45, 7) is 0.735. The topological polar surface area (TPSA) is 26.3 Å². The number of carbonyl (C=O) groups excluding carboxylic acids is 1. The molecular formula is C13H18O2. The molecule has 3 rings (SSSR count). The molecular weight excluding hydrogens is 188 g/mol. The van der Waals surface area contributed by atoms with Gasteiger partial charge in [-0.1, -0.05) is 6.42 Å². The molecule has 2 aliphatic carbocycles. The zero-order chi connectivity index (χ0) is 10.3. The fraction of sp³-hybridized carbons (Fsp3) is 0.769. The normalized spacial score (nSPS) is 38.7. The van der Waals surface area contributed by atoms with Crippen LogP contribution in [0.4, 0.5) is 0 Å². The summed E-state index contributed by atoms with van der Waals surface area (Å²) in [4.78, 5) is 12.2. The first-order valence-electron chi connectivity index (χ1n) is 6.22. The Morgan fingerprint density at radius 3 is 2.87 bits per heavy atom. The van der Waals surface area contributed by atoms with E-state index in [4.69, 9.17) is 4.74 Å². The summed E-state index contributed by atoms with van der Waals surface area (Å²) in [6.07, 6.45) is 9.13. The van der Waals surface area contributed by atoms with E-state index >= 15 is 0 Å². The highest BCUT2D eigenvalue weighted by Gasteiger charge is 2.44. The van der Waals surface area contributed by atoms with Crippen LogP contribution in [0.25, 0.3) is 0 Å². The predicted octanol–water partition coefficient (Wildman–Crippen LogP) is 2.69. The maximum Gasteiger partial charge on any atom is 0.200 e. The van der Waals surface area contributed by atoms with E-state index in [2.05, 4.69) is 0 Å². The van der Waals surface area contributed by atoms with Crippen molar-refractivity contribution >= 4 is 5.78 Å². The molecule has 15 heavy (non-hydrogen) atoms. The molecule has 0 N–H and O–H groups in total. The lowest BCUT2D eigenvalue weighted by molar-refractivity contribution is -0.124. The Labute approximate surface area is 90.7 Å². The second-order valence-corrected chi connectivity index (χ2v) is 5.20. The number of fused-ring (bicyclic) bond motifs is 2. The molecule has 2 nitrogen and oxygen atoms in total. The molecule has 82 valence electrons. The van der Waals surface area contributed by atoms with E-state index in [1.54, 1.807) is 0 Å². The van der Waals surface area contributed by atoms with Crippen LogP contribution in [0.1, 0.15) is 38.5 Å². The molecule has 2 bridgehead atoms. The molecule has 2 saturated carbocycles. The zero-order valence-corrected chi connectivity index (χ0v) is 9.08. The van der Waals surface area contributed by atoms with Gasteiger partial charge >= 0.3 is 0 Å². The average molecular weight is 206 g/mol. The number of ketones is 1. The SMILES string of the molecule is O=C(C1=CCCCO1)C1CC2CCC1C2. The van der Waals surface area contributed by atoms with Crippen molar-refractivity contribution in [1.82, 2.24) is 0 Å². The fourth-order valence-electron chi connectivity index (χ4n) is 3.48. The monoisotopic (exact) mass is 206 g/mol. The van der Waals surface area contributed by atoms with Crippen LogP contribution in [0.15, 0.2) is 11.8 Å². The van der Waals surface area contributed by atoms with Crippen LogP contribution in [0.2, 0.25) is 0 Å². The quantitative estimate of drug-likeness (QED) is 0.694. The maximum absolute atomic E-state index is 12.2. The number of carbonyl (C=O) groups is 1. The Morgan fingerprint density at radius 2 is 2.27 bits per heavy atom. The third-order valence-electron chi connectivity index (χ3n) is 4.25. The van der Waals surface area contributed by atoms with E-state index in [0.717, 1.165) is 31.8 Å². The van der Waals surface area contributed by atoms with Gasteiger partial charge in [-0.2, -0.15) is 0 Å². The van der Waals surface area contributed by atoms with Gasteiger partial charge in [0.2, 0.25) is 0 Å².